The summed E-state index contributed by atoms with van der Waals surface area (Å²) in [5, 5.41) is 6.89. The number of hydrogen-bond donors (Lipinski definition) is 1. The standard InChI is InChI=1S/C18H24N4O3/c1-13-5-3-6-15(11-13)24-10-8-19-17(23)12-22-9-4-7-16(22)18-20-14(2)25-21-18/h3,5-6,11,16H,4,7-10,12H2,1-2H3,(H,19,23)/t16-/m1/s1. The van der Waals surface area contributed by atoms with Gasteiger partial charge in [0, 0.05) is 6.92 Å². The predicted octanol–water partition coefficient (Wildman–Crippen LogP) is 2.02. The van der Waals surface area contributed by atoms with Gasteiger partial charge < -0.3 is 14.6 Å². The second-order valence-electron chi connectivity index (χ2n) is 6.32. The van der Waals surface area contributed by atoms with Gasteiger partial charge in [-0.05, 0) is 44.0 Å². The molecule has 0 spiro atoms. The van der Waals surface area contributed by atoms with Gasteiger partial charge in [-0.15, -0.1) is 0 Å². The molecule has 0 radical (unpaired) electrons. The van der Waals surface area contributed by atoms with Gasteiger partial charge in [0.05, 0.1) is 19.1 Å². The normalized spacial score (nSPS) is 17.6. The number of carbonyl (C=O) groups excluding carboxylic acids is 1. The highest BCUT2D eigenvalue weighted by molar-refractivity contribution is 5.78. The number of amides is 1. The van der Waals surface area contributed by atoms with Crippen molar-refractivity contribution in [1.29, 1.82) is 0 Å². The van der Waals surface area contributed by atoms with Crippen LogP contribution in [-0.2, 0) is 4.79 Å². The van der Waals surface area contributed by atoms with E-state index in [2.05, 4.69) is 20.4 Å². The molecule has 0 bridgehead atoms. The quantitative estimate of drug-likeness (QED) is 0.774. The van der Waals surface area contributed by atoms with Crippen LogP contribution in [0.25, 0.3) is 0 Å². The lowest BCUT2D eigenvalue weighted by molar-refractivity contribution is -0.122. The first-order chi connectivity index (χ1) is 12.1. The van der Waals surface area contributed by atoms with Crippen LogP contribution in [0, 0.1) is 13.8 Å². The Kier molecular flexibility index (Phi) is 5.65. The highest BCUT2D eigenvalue weighted by Gasteiger charge is 2.30. The van der Waals surface area contributed by atoms with Crippen molar-refractivity contribution in [2.24, 2.45) is 0 Å². The molecule has 2 heterocycles. The average molecular weight is 344 g/mol. The molecule has 25 heavy (non-hydrogen) atoms. The minimum Gasteiger partial charge on any atom is -0.492 e. The fourth-order valence-corrected chi connectivity index (χ4v) is 3.06. The van der Waals surface area contributed by atoms with Gasteiger partial charge >= 0.3 is 0 Å². The Balaban J connectivity index is 1.41. The minimum absolute atomic E-state index is 0.0139. The van der Waals surface area contributed by atoms with Crippen LogP contribution in [0.3, 0.4) is 0 Å². The van der Waals surface area contributed by atoms with E-state index in [-0.39, 0.29) is 11.9 Å². The van der Waals surface area contributed by atoms with Gasteiger partial charge in [-0.1, -0.05) is 17.3 Å². The maximum absolute atomic E-state index is 12.2. The third-order valence-corrected chi connectivity index (χ3v) is 4.23. The number of ether oxygens (including phenoxy) is 1. The molecule has 0 aliphatic carbocycles. The molecular weight excluding hydrogens is 320 g/mol. The number of rotatable bonds is 7. The number of carbonyl (C=O) groups is 1. The molecule has 3 rings (SSSR count). The predicted molar refractivity (Wildman–Crippen MR) is 92.3 cm³/mol. The van der Waals surface area contributed by atoms with Crippen molar-refractivity contribution in [2.45, 2.75) is 32.7 Å². The summed E-state index contributed by atoms with van der Waals surface area (Å²) >= 11 is 0. The van der Waals surface area contributed by atoms with Crippen LogP contribution < -0.4 is 10.1 Å². The monoisotopic (exact) mass is 344 g/mol. The Bertz CT molecular complexity index is 716. The molecule has 1 aliphatic heterocycles. The molecule has 7 heteroatoms. The molecule has 1 aromatic heterocycles. The Labute approximate surface area is 147 Å². The molecule has 0 unspecified atom stereocenters. The fraction of sp³-hybridized carbons (Fsp3) is 0.500. The van der Waals surface area contributed by atoms with Crippen LogP contribution in [-0.4, -0.2) is 47.2 Å². The molecule has 1 fully saturated rings. The van der Waals surface area contributed by atoms with Crippen LogP contribution in [0.2, 0.25) is 0 Å². The van der Waals surface area contributed by atoms with E-state index in [1.807, 2.05) is 31.2 Å². The maximum atomic E-state index is 12.2. The maximum Gasteiger partial charge on any atom is 0.234 e. The van der Waals surface area contributed by atoms with Crippen LogP contribution in [0.15, 0.2) is 28.8 Å². The molecule has 1 amide bonds. The zero-order chi connectivity index (χ0) is 17.6. The number of hydrogen-bond acceptors (Lipinski definition) is 6. The summed E-state index contributed by atoms with van der Waals surface area (Å²) < 4.78 is 10.7. The smallest absolute Gasteiger partial charge is 0.234 e. The number of likely N-dealkylation sites (tertiary alicyclic amines) is 1. The average Bonchev–Trinajstić information content (AvgIpc) is 3.20. The van der Waals surface area contributed by atoms with Gasteiger partial charge in [0.2, 0.25) is 11.8 Å². The third kappa shape index (κ3) is 4.79. The van der Waals surface area contributed by atoms with Crippen molar-refractivity contribution < 1.29 is 14.1 Å². The van der Waals surface area contributed by atoms with Crippen molar-refractivity contribution in [2.75, 3.05) is 26.2 Å². The number of aryl methyl sites for hydroxylation is 2. The Morgan fingerprint density at radius 3 is 3.08 bits per heavy atom. The summed E-state index contributed by atoms with van der Waals surface area (Å²) in [7, 11) is 0. The SMILES string of the molecule is Cc1cccc(OCCNC(=O)CN2CCC[C@@H]2c2noc(C)n2)c1. The van der Waals surface area contributed by atoms with Crippen molar-refractivity contribution in [1.82, 2.24) is 20.4 Å². The van der Waals surface area contributed by atoms with E-state index in [0.717, 1.165) is 30.7 Å². The van der Waals surface area contributed by atoms with E-state index in [4.69, 9.17) is 9.26 Å². The lowest BCUT2D eigenvalue weighted by Crippen LogP contribution is -2.38. The fourth-order valence-electron chi connectivity index (χ4n) is 3.06. The number of nitrogens with zero attached hydrogens (tertiary/aromatic N) is 3. The van der Waals surface area contributed by atoms with Crippen molar-refractivity contribution in [3.63, 3.8) is 0 Å². The summed E-state index contributed by atoms with van der Waals surface area (Å²) in [6.07, 6.45) is 1.98. The molecule has 1 N–H and O–H groups in total. The molecule has 1 atom stereocenters. The lowest BCUT2D eigenvalue weighted by Gasteiger charge is -2.21. The minimum atomic E-state index is -0.0139. The number of nitrogens with one attached hydrogen (secondary N) is 1. The van der Waals surface area contributed by atoms with Gasteiger partial charge in [-0.3, -0.25) is 9.69 Å². The molecule has 7 nitrogen and oxygen atoms in total. The molecular formula is C18H24N4O3. The zero-order valence-electron chi connectivity index (χ0n) is 14.7. The first-order valence-electron chi connectivity index (χ1n) is 8.62. The van der Waals surface area contributed by atoms with E-state index in [1.54, 1.807) is 6.92 Å². The summed E-state index contributed by atoms with van der Waals surface area (Å²) in [5.74, 6) is 2.03. The van der Waals surface area contributed by atoms with E-state index in [9.17, 15) is 4.79 Å². The molecule has 1 aromatic carbocycles. The summed E-state index contributed by atoms with van der Waals surface area (Å²) in [5.41, 5.74) is 1.15. The van der Waals surface area contributed by atoms with Gasteiger partial charge in [0.25, 0.3) is 0 Å². The molecule has 1 aliphatic rings. The lowest BCUT2D eigenvalue weighted by atomic mass is 10.2. The topological polar surface area (TPSA) is 80.5 Å². The van der Waals surface area contributed by atoms with Crippen LogP contribution >= 0.6 is 0 Å². The van der Waals surface area contributed by atoms with Gasteiger partial charge in [0.1, 0.15) is 12.4 Å². The Hall–Kier alpha value is -2.41. The van der Waals surface area contributed by atoms with E-state index in [1.165, 1.54) is 0 Å². The highest BCUT2D eigenvalue weighted by Crippen LogP contribution is 2.29. The number of aromatic nitrogens is 2. The summed E-state index contributed by atoms with van der Waals surface area (Å²) in [6.45, 7) is 5.92. The molecule has 0 saturated carbocycles. The first kappa shape index (κ1) is 17.4. The van der Waals surface area contributed by atoms with Crippen LogP contribution in [0.4, 0.5) is 0 Å². The van der Waals surface area contributed by atoms with E-state index < -0.39 is 0 Å². The summed E-state index contributed by atoms with van der Waals surface area (Å²) in [4.78, 5) is 18.6. The van der Waals surface area contributed by atoms with Gasteiger partial charge in [-0.2, -0.15) is 4.98 Å². The van der Waals surface area contributed by atoms with Gasteiger partial charge in [-0.25, -0.2) is 0 Å². The zero-order valence-corrected chi connectivity index (χ0v) is 14.7. The van der Waals surface area contributed by atoms with Crippen molar-refractivity contribution >= 4 is 5.91 Å². The van der Waals surface area contributed by atoms with E-state index >= 15 is 0 Å². The highest BCUT2D eigenvalue weighted by atomic mass is 16.5. The Morgan fingerprint density at radius 2 is 2.32 bits per heavy atom. The largest absolute Gasteiger partial charge is 0.492 e. The first-order valence-corrected chi connectivity index (χ1v) is 8.62. The Morgan fingerprint density at radius 1 is 1.44 bits per heavy atom. The van der Waals surface area contributed by atoms with Crippen molar-refractivity contribution in [3.8, 4) is 5.75 Å². The molecule has 134 valence electrons. The third-order valence-electron chi connectivity index (χ3n) is 4.23. The number of benzene rings is 1. The van der Waals surface area contributed by atoms with Crippen LogP contribution in [0.1, 0.15) is 36.2 Å². The van der Waals surface area contributed by atoms with E-state index in [0.29, 0.717) is 31.4 Å². The van der Waals surface area contributed by atoms with Crippen molar-refractivity contribution in [3.05, 3.63) is 41.5 Å². The van der Waals surface area contributed by atoms with Gasteiger partial charge in [0.15, 0.2) is 5.82 Å². The summed E-state index contributed by atoms with van der Waals surface area (Å²) in [6, 6.07) is 7.93. The molecule has 2 aromatic rings. The second kappa shape index (κ2) is 8.11. The molecule has 1 saturated heterocycles. The van der Waals surface area contributed by atoms with Crippen LogP contribution in [0.5, 0.6) is 5.75 Å². The second-order valence-corrected chi connectivity index (χ2v) is 6.32.